The van der Waals surface area contributed by atoms with Crippen molar-refractivity contribution in [2.75, 3.05) is 5.32 Å². The molecule has 1 heterocycles. The molecule has 0 saturated heterocycles. The number of nitrogens with one attached hydrogen (secondary N) is 1. The van der Waals surface area contributed by atoms with Gasteiger partial charge in [0.25, 0.3) is 5.91 Å². The lowest BCUT2D eigenvalue weighted by atomic mass is 9.95. The fraction of sp³-hybridized carbons (Fsp3) is 0.152. The second kappa shape index (κ2) is 11.4. The highest BCUT2D eigenvalue weighted by molar-refractivity contribution is 7.16. The van der Waals surface area contributed by atoms with Crippen molar-refractivity contribution in [2.45, 2.75) is 32.3 Å². The highest BCUT2D eigenvalue weighted by Crippen LogP contribution is 2.40. The number of carbonyl (C=O) groups excluding carboxylic acids is 1. The van der Waals surface area contributed by atoms with E-state index in [1.54, 1.807) is 17.6 Å². The van der Waals surface area contributed by atoms with Gasteiger partial charge in [-0.15, -0.1) is 11.3 Å². The molecular weight excluding hydrogens is 524 g/mol. The predicted octanol–water partition coefficient (Wildman–Crippen LogP) is 9.02. The minimum atomic E-state index is -0.119. The van der Waals surface area contributed by atoms with Crippen LogP contribution >= 0.6 is 22.9 Å². The van der Waals surface area contributed by atoms with Crippen molar-refractivity contribution < 1.29 is 9.53 Å². The number of aryl methyl sites for hydroxylation is 1. The van der Waals surface area contributed by atoms with Crippen molar-refractivity contribution in [3.63, 3.8) is 0 Å². The number of nitrogens with zero attached hydrogens (tertiary/aromatic N) is 1. The molecule has 6 rings (SSSR count). The summed E-state index contributed by atoms with van der Waals surface area (Å²) in [5.74, 6) is 0.568. The lowest BCUT2D eigenvalue weighted by Crippen LogP contribution is -2.14. The van der Waals surface area contributed by atoms with Crippen LogP contribution < -0.4 is 10.1 Å². The van der Waals surface area contributed by atoms with Gasteiger partial charge in [0.2, 0.25) is 0 Å². The molecule has 1 aliphatic rings. The molecule has 0 spiro atoms. The monoisotopic (exact) mass is 550 g/mol. The molecule has 194 valence electrons. The third-order valence-electron chi connectivity index (χ3n) is 6.97. The third kappa shape index (κ3) is 5.60. The number of anilines is 1. The summed E-state index contributed by atoms with van der Waals surface area (Å²) in [6, 6.07) is 29.6. The van der Waals surface area contributed by atoms with Gasteiger partial charge in [0.05, 0.1) is 5.56 Å². The first-order valence-electron chi connectivity index (χ1n) is 13.1. The van der Waals surface area contributed by atoms with Gasteiger partial charge in [0.15, 0.2) is 0 Å². The number of halogens is 1. The topological polar surface area (TPSA) is 50.7 Å². The number of aliphatic imine (C=N–C) groups is 1. The third-order valence-corrected chi connectivity index (χ3v) is 8.40. The molecule has 0 aliphatic heterocycles. The number of ether oxygens (including phenoxy) is 1. The van der Waals surface area contributed by atoms with Gasteiger partial charge >= 0.3 is 0 Å². The van der Waals surface area contributed by atoms with E-state index >= 15 is 0 Å². The smallest absolute Gasteiger partial charge is 0.259 e. The van der Waals surface area contributed by atoms with Crippen LogP contribution in [0.15, 0.2) is 96.0 Å². The van der Waals surface area contributed by atoms with Crippen molar-refractivity contribution in [1.82, 2.24) is 0 Å². The highest BCUT2D eigenvalue weighted by Gasteiger charge is 2.25. The van der Waals surface area contributed by atoms with Crippen LogP contribution in [0.3, 0.4) is 0 Å². The Kier molecular flexibility index (Phi) is 7.44. The summed E-state index contributed by atoms with van der Waals surface area (Å²) < 4.78 is 6.29. The fourth-order valence-corrected chi connectivity index (χ4v) is 6.46. The standard InChI is InChI=1S/C33H27ClN2O2S/c34-25-17-18-29(38-21-23-11-8-10-22-9-4-5-14-27(22)23)24(19-25)20-35-33-31(28-15-6-7-16-30(28)39-33)32(37)36-26-12-2-1-3-13-26/h1-5,8-14,17-20H,6-7,15-16,21H2,(H,36,37). The van der Waals surface area contributed by atoms with Gasteiger partial charge in [-0.1, -0.05) is 72.3 Å². The summed E-state index contributed by atoms with van der Waals surface area (Å²) in [5, 5.41) is 6.72. The molecule has 0 unspecified atom stereocenters. The molecule has 5 aromatic rings. The molecule has 1 aliphatic carbocycles. The first kappa shape index (κ1) is 25.4. The Labute approximate surface area is 236 Å². The second-order valence-corrected chi connectivity index (χ2v) is 11.1. The summed E-state index contributed by atoms with van der Waals surface area (Å²) in [4.78, 5) is 19.5. The van der Waals surface area contributed by atoms with Gasteiger partial charge in [0, 0.05) is 27.4 Å². The quantitative estimate of drug-likeness (QED) is 0.205. The zero-order chi connectivity index (χ0) is 26.6. The number of para-hydroxylation sites is 1. The van der Waals surface area contributed by atoms with Crippen LogP contribution in [0.2, 0.25) is 5.02 Å². The van der Waals surface area contributed by atoms with E-state index in [1.807, 2.05) is 66.7 Å². The number of hydrogen-bond donors (Lipinski definition) is 1. The predicted molar refractivity (Wildman–Crippen MR) is 162 cm³/mol. The van der Waals surface area contributed by atoms with E-state index < -0.39 is 0 Å². The number of hydrogen-bond acceptors (Lipinski definition) is 4. The number of fused-ring (bicyclic) bond motifs is 2. The van der Waals surface area contributed by atoms with Gasteiger partial charge in [-0.3, -0.25) is 4.79 Å². The summed E-state index contributed by atoms with van der Waals surface area (Å²) in [6.45, 7) is 0.419. The zero-order valence-corrected chi connectivity index (χ0v) is 22.9. The van der Waals surface area contributed by atoms with Crippen LogP contribution in [-0.4, -0.2) is 12.1 Å². The maximum Gasteiger partial charge on any atom is 0.259 e. The Balaban J connectivity index is 1.30. The number of thiophene rings is 1. The van der Waals surface area contributed by atoms with Crippen LogP contribution in [0.4, 0.5) is 10.7 Å². The average molecular weight is 551 g/mol. The van der Waals surface area contributed by atoms with Crippen molar-refractivity contribution in [3.05, 3.63) is 123 Å². The molecule has 39 heavy (non-hydrogen) atoms. The average Bonchev–Trinajstić information content (AvgIpc) is 3.34. The largest absolute Gasteiger partial charge is 0.488 e. The van der Waals surface area contributed by atoms with Crippen LogP contribution in [0.25, 0.3) is 10.8 Å². The van der Waals surface area contributed by atoms with Crippen LogP contribution in [0, 0.1) is 0 Å². The summed E-state index contributed by atoms with van der Waals surface area (Å²) >= 11 is 7.98. The molecule has 0 atom stereocenters. The van der Waals surface area contributed by atoms with Crippen molar-refractivity contribution in [2.24, 2.45) is 4.99 Å². The Morgan fingerprint density at radius 3 is 2.64 bits per heavy atom. The molecule has 4 nitrogen and oxygen atoms in total. The molecule has 1 aromatic heterocycles. The van der Waals surface area contributed by atoms with Crippen molar-refractivity contribution >= 4 is 56.5 Å². The van der Waals surface area contributed by atoms with Gasteiger partial charge in [-0.05, 0) is 77.9 Å². The fourth-order valence-electron chi connectivity index (χ4n) is 5.05. The van der Waals surface area contributed by atoms with E-state index in [1.165, 1.54) is 15.6 Å². The van der Waals surface area contributed by atoms with Crippen molar-refractivity contribution in [3.8, 4) is 5.75 Å². The van der Waals surface area contributed by atoms with Gasteiger partial charge in [-0.25, -0.2) is 4.99 Å². The molecule has 0 fully saturated rings. The Morgan fingerprint density at radius 2 is 1.74 bits per heavy atom. The maximum absolute atomic E-state index is 13.4. The first-order valence-corrected chi connectivity index (χ1v) is 14.3. The van der Waals surface area contributed by atoms with E-state index in [2.05, 4.69) is 29.6 Å². The Morgan fingerprint density at radius 1 is 0.949 bits per heavy atom. The molecule has 1 amide bonds. The van der Waals surface area contributed by atoms with E-state index in [4.69, 9.17) is 21.3 Å². The number of amides is 1. The number of carbonyl (C=O) groups is 1. The lowest BCUT2D eigenvalue weighted by molar-refractivity contribution is 0.102. The van der Waals surface area contributed by atoms with Gasteiger partial charge < -0.3 is 10.1 Å². The van der Waals surface area contributed by atoms with Crippen molar-refractivity contribution in [1.29, 1.82) is 0 Å². The van der Waals surface area contributed by atoms with E-state index in [-0.39, 0.29) is 5.91 Å². The number of rotatable bonds is 7. The van der Waals surface area contributed by atoms with E-state index in [9.17, 15) is 4.79 Å². The molecule has 4 aromatic carbocycles. The minimum absolute atomic E-state index is 0.119. The van der Waals surface area contributed by atoms with Gasteiger partial charge in [-0.2, -0.15) is 0 Å². The van der Waals surface area contributed by atoms with Crippen LogP contribution in [-0.2, 0) is 19.4 Å². The van der Waals surface area contributed by atoms with E-state index in [0.29, 0.717) is 22.9 Å². The lowest BCUT2D eigenvalue weighted by Gasteiger charge is -2.13. The summed E-state index contributed by atoms with van der Waals surface area (Å²) in [6.07, 6.45) is 5.86. The first-order chi connectivity index (χ1) is 19.2. The molecule has 6 heteroatoms. The highest BCUT2D eigenvalue weighted by atomic mass is 35.5. The SMILES string of the molecule is O=C(Nc1ccccc1)c1c(N=Cc2cc(Cl)ccc2OCc2cccc3ccccc23)sc2c1CCCC2. The Hall–Kier alpha value is -3.93. The maximum atomic E-state index is 13.4. The summed E-state index contributed by atoms with van der Waals surface area (Å²) in [7, 11) is 0. The minimum Gasteiger partial charge on any atom is -0.488 e. The normalized spacial score (nSPS) is 12.9. The number of benzene rings is 4. The van der Waals surface area contributed by atoms with Gasteiger partial charge in [0.1, 0.15) is 17.4 Å². The molecular formula is C33H27ClN2O2S. The second-order valence-electron chi connectivity index (χ2n) is 9.58. The molecule has 0 saturated carbocycles. The zero-order valence-electron chi connectivity index (χ0n) is 21.3. The van der Waals surface area contributed by atoms with Crippen LogP contribution in [0.5, 0.6) is 5.75 Å². The molecule has 1 N–H and O–H groups in total. The van der Waals surface area contributed by atoms with E-state index in [0.717, 1.165) is 53.1 Å². The summed E-state index contributed by atoms with van der Waals surface area (Å²) in [5.41, 5.74) is 4.45. The van der Waals surface area contributed by atoms with Crippen LogP contribution in [0.1, 0.15) is 44.8 Å². The Bertz CT molecular complexity index is 1670. The molecule has 0 bridgehead atoms. The molecule has 0 radical (unpaired) electrons.